The second-order valence-corrected chi connectivity index (χ2v) is 7.75. The molecule has 2 amide bonds. The predicted molar refractivity (Wildman–Crippen MR) is 121 cm³/mol. The average Bonchev–Trinajstić information content (AvgIpc) is 2.73. The van der Waals surface area contributed by atoms with Crippen molar-refractivity contribution in [3.05, 3.63) is 42.1 Å². The number of fused-ring (bicyclic) bond motifs is 1. The number of halogens is 1. The highest BCUT2D eigenvalue weighted by molar-refractivity contribution is 5.94. The van der Waals surface area contributed by atoms with E-state index in [0.717, 1.165) is 41.3 Å². The van der Waals surface area contributed by atoms with Crippen LogP contribution in [0.25, 0.3) is 11.1 Å². The molecule has 31 heavy (non-hydrogen) atoms. The zero-order valence-electron chi connectivity index (χ0n) is 17.6. The van der Waals surface area contributed by atoms with Crippen molar-refractivity contribution in [1.29, 1.82) is 0 Å². The van der Waals surface area contributed by atoms with E-state index < -0.39 is 6.09 Å². The van der Waals surface area contributed by atoms with Crippen LogP contribution in [0.2, 0.25) is 0 Å². The Hall–Kier alpha value is -2.84. The summed E-state index contributed by atoms with van der Waals surface area (Å²) in [5.41, 5.74) is 3.43. The lowest BCUT2D eigenvalue weighted by Crippen LogP contribution is -2.45. The Balaban J connectivity index is 0.00000272. The zero-order valence-corrected chi connectivity index (χ0v) is 18.4. The maximum atomic E-state index is 12.2. The van der Waals surface area contributed by atoms with Crippen molar-refractivity contribution in [2.75, 3.05) is 36.1 Å². The number of aromatic nitrogens is 1. The number of amides is 2. The first-order valence-electron chi connectivity index (χ1n) is 10.2. The third kappa shape index (κ3) is 4.75. The summed E-state index contributed by atoms with van der Waals surface area (Å²) >= 11 is 0. The molecular weight excluding hydrogens is 420 g/mol. The first kappa shape index (κ1) is 22.8. The molecule has 2 aromatic rings. The lowest BCUT2D eigenvalue weighted by molar-refractivity contribution is -0.117. The van der Waals surface area contributed by atoms with E-state index in [1.54, 1.807) is 4.90 Å². The number of carboxylic acid groups (broad SMARTS) is 1. The number of pyridine rings is 1. The largest absolute Gasteiger partial charge is 0.465 e. The minimum atomic E-state index is -1.07. The number of ether oxygens (including phenoxy) is 1. The van der Waals surface area contributed by atoms with Crippen LogP contribution in [-0.4, -0.2) is 54.4 Å². The van der Waals surface area contributed by atoms with Gasteiger partial charge >= 0.3 is 6.09 Å². The highest BCUT2D eigenvalue weighted by Crippen LogP contribution is 2.39. The summed E-state index contributed by atoms with van der Waals surface area (Å²) in [5, 5.41) is 11.9. The molecule has 9 heteroatoms. The van der Waals surface area contributed by atoms with Crippen LogP contribution in [0.1, 0.15) is 31.9 Å². The molecule has 0 spiro atoms. The van der Waals surface area contributed by atoms with Gasteiger partial charge in [-0.15, -0.1) is 12.4 Å². The molecule has 0 radical (unpaired) electrons. The molecule has 0 saturated carbocycles. The summed E-state index contributed by atoms with van der Waals surface area (Å²) in [6, 6.07) is 9.37. The smallest absolute Gasteiger partial charge is 0.405 e. The Bertz CT molecular complexity index is 947. The van der Waals surface area contributed by atoms with Crippen molar-refractivity contribution in [2.24, 2.45) is 0 Å². The number of anilines is 2. The third-order valence-electron chi connectivity index (χ3n) is 5.73. The monoisotopic (exact) mass is 446 g/mol. The number of hydrogen-bond donors (Lipinski definition) is 2. The van der Waals surface area contributed by atoms with Crippen LogP contribution in [0.3, 0.4) is 0 Å². The number of carbonyl (C=O) groups excluding carboxylic acids is 1. The molecule has 2 atom stereocenters. The topological polar surface area (TPSA) is 95.0 Å². The van der Waals surface area contributed by atoms with Crippen molar-refractivity contribution in [3.63, 3.8) is 0 Å². The Kier molecular flexibility index (Phi) is 7.02. The van der Waals surface area contributed by atoms with Crippen LogP contribution < -0.4 is 15.1 Å². The van der Waals surface area contributed by atoms with Crippen LogP contribution in [0.15, 0.2) is 36.5 Å². The Labute approximate surface area is 187 Å². The summed E-state index contributed by atoms with van der Waals surface area (Å²) in [7, 11) is 0. The van der Waals surface area contributed by atoms with Crippen molar-refractivity contribution in [3.8, 4) is 11.1 Å². The molecular formula is C22H27ClN4O4. The van der Waals surface area contributed by atoms with Crippen molar-refractivity contribution >= 4 is 35.9 Å². The molecule has 166 valence electrons. The van der Waals surface area contributed by atoms with E-state index in [-0.39, 0.29) is 30.4 Å². The molecule has 0 unspecified atom stereocenters. The summed E-state index contributed by atoms with van der Waals surface area (Å²) < 4.78 is 5.39. The summed E-state index contributed by atoms with van der Waals surface area (Å²) in [6.45, 7) is 6.53. The van der Waals surface area contributed by atoms with E-state index in [1.807, 2.05) is 43.5 Å². The third-order valence-corrected chi connectivity index (χ3v) is 5.73. The lowest BCUT2D eigenvalue weighted by atomic mass is 9.89. The van der Waals surface area contributed by atoms with E-state index >= 15 is 0 Å². The van der Waals surface area contributed by atoms with Gasteiger partial charge < -0.3 is 25.0 Å². The van der Waals surface area contributed by atoms with E-state index in [1.165, 1.54) is 6.92 Å². The fourth-order valence-corrected chi connectivity index (χ4v) is 4.35. The molecule has 8 nitrogen and oxygen atoms in total. The molecule has 1 saturated heterocycles. The van der Waals surface area contributed by atoms with Gasteiger partial charge in [0.1, 0.15) is 5.82 Å². The summed E-state index contributed by atoms with van der Waals surface area (Å²) in [4.78, 5) is 32.1. The molecule has 2 aliphatic rings. The van der Waals surface area contributed by atoms with Crippen LogP contribution in [-0.2, 0) is 9.53 Å². The van der Waals surface area contributed by atoms with Gasteiger partial charge in [0.2, 0.25) is 5.91 Å². The molecule has 0 bridgehead atoms. The van der Waals surface area contributed by atoms with Gasteiger partial charge in [-0.25, -0.2) is 9.78 Å². The Morgan fingerprint density at radius 2 is 1.87 bits per heavy atom. The maximum Gasteiger partial charge on any atom is 0.405 e. The van der Waals surface area contributed by atoms with Crippen LogP contribution >= 0.6 is 12.4 Å². The number of nitrogens with one attached hydrogen (secondary N) is 1. The zero-order chi connectivity index (χ0) is 21.3. The number of carbonyl (C=O) groups is 2. The normalized spacial score (nSPS) is 20.5. The molecule has 1 aromatic carbocycles. The SMILES string of the molecule is CC(=O)N1c2ccc(-c3ccc(N4CCOCC4)nc3)cc2[C@@H](NC(=O)O)C[C@H]1C.Cl. The summed E-state index contributed by atoms with van der Waals surface area (Å²) in [6.07, 6.45) is 1.29. The van der Waals surface area contributed by atoms with Crippen molar-refractivity contribution in [2.45, 2.75) is 32.4 Å². The quantitative estimate of drug-likeness (QED) is 0.749. The van der Waals surface area contributed by atoms with Gasteiger partial charge in [0, 0.05) is 43.5 Å². The van der Waals surface area contributed by atoms with Crippen molar-refractivity contribution < 1.29 is 19.4 Å². The predicted octanol–water partition coefficient (Wildman–Crippen LogP) is 3.46. The van der Waals surface area contributed by atoms with Crippen LogP contribution in [0, 0.1) is 0 Å². The molecule has 4 rings (SSSR count). The first-order chi connectivity index (χ1) is 14.4. The Morgan fingerprint density at radius 3 is 2.48 bits per heavy atom. The van der Waals surface area contributed by atoms with Gasteiger partial charge in [-0.3, -0.25) is 4.79 Å². The lowest BCUT2D eigenvalue weighted by Gasteiger charge is -2.39. The molecule has 2 N–H and O–H groups in total. The highest BCUT2D eigenvalue weighted by Gasteiger charge is 2.33. The number of nitrogens with zero attached hydrogens (tertiary/aromatic N) is 3. The number of benzene rings is 1. The average molecular weight is 447 g/mol. The van der Waals surface area contributed by atoms with E-state index in [9.17, 15) is 14.7 Å². The van der Waals surface area contributed by atoms with E-state index in [2.05, 4.69) is 15.2 Å². The highest BCUT2D eigenvalue weighted by atomic mass is 35.5. The van der Waals surface area contributed by atoms with E-state index in [0.29, 0.717) is 19.6 Å². The van der Waals surface area contributed by atoms with Crippen LogP contribution in [0.4, 0.5) is 16.3 Å². The Morgan fingerprint density at radius 1 is 1.16 bits per heavy atom. The van der Waals surface area contributed by atoms with Gasteiger partial charge in [0.25, 0.3) is 0 Å². The minimum Gasteiger partial charge on any atom is -0.465 e. The van der Waals surface area contributed by atoms with Gasteiger partial charge in [-0.05, 0) is 48.7 Å². The second-order valence-electron chi connectivity index (χ2n) is 7.75. The molecule has 2 aliphatic heterocycles. The van der Waals surface area contributed by atoms with Gasteiger partial charge in [0.05, 0.1) is 19.3 Å². The number of rotatable bonds is 3. The fourth-order valence-electron chi connectivity index (χ4n) is 4.35. The molecule has 0 aliphatic carbocycles. The number of morpholine rings is 1. The second kappa shape index (κ2) is 9.53. The molecule has 1 aromatic heterocycles. The van der Waals surface area contributed by atoms with E-state index in [4.69, 9.17) is 4.74 Å². The van der Waals surface area contributed by atoms with Gasteiger partial charge in [-0.1, -0.05) is 6.07 Å². The fraction of sp³-hybridized carbons (Fsp3) is 0.409. The molecule has 3 heterocycles. The van der Waals surface area contributed by atoms with Gasteiger partial charge in [0.15, 0.2) is 0 Å². The summed E-state index contributed by atoms with van der Waals surface area (Å²) in [5.74, 6) is 0.865. The standard InChI is InChI=1S/C22H26N4O4.ClH/c1-14-11-19(24-22(28)29)18-12-16(3-5-20(18)26(14)15(2)27)17-4-6-21(23-13-17)25-7-9-30-10-8-25;/h3-6,12-14,19,24H,7-11H2,1-2H3,(H,28,29);1H/t14-,19+;/m1./s1. The minimum absolute atomic E-state index is 0. The van der Waals surface area contributed by atoms with Gasteiger partial charge in [-0.2, -0.15) is 0 Å². The first-order valence-corrected chi connectivity index (χ1v) is 10.2. The maximum absolute atomic E-state index is 12.2. The van der Waals surface area contributed by atoms with Crippen LogP contribution in [0.5, 0.6) is 0 Å². The van der Waals surface area contributed by atoms with Crippen molar-refractivity contribution in [1.82, 2.24) is 10.3 Å². The number of hydrogen-bond acceptors (Lipinski definition) is 5. The molecule has 1 fully saturated rings.